The van der Waals surface area contributed by atoms with Gasteiger partial charge in [0.1, 0.15) is 5.82 Å². The van der Waals surface area contributed by atoms with Gasteiger partial charge in [-0.2, -0.15) is 9.97 Å². The summed E-state index contributed by atoms with van der Waals surface area (Å²) >= 11 is 6.72. The summed E-state index contributed by atoms with van der Waals surface area (Å²) in [7, 11) is 4.24. The molecule has 1 aromatic heterocycles. The summed E-state index contributed by atoms with van der Waals surface area (Å²) < 4.78 is 6.41. The van der Waals surface area contributed by atoms with Gasteiger partial charge >= 0.3 is 6.01 Å². The Bertz CT molecular complexity index is 1540. The van der Waals surface area contributed by atoms with Crippen molar-refractivity contribution in [3.63, 3.8) is 0 Å². The van der Waals surface area contributed by atoms with Crippen molar-refractivity contribution in [2.45, 2.75) is 32.2 Å². The molecular formula is C33H39ClN6O2. The van der Waals surface area contributed by atoms with E-state index in [1.807, 2.05) is 17.0 Å². The van der Waals surface area contributed by atoms with Gasteiger partial charge in [-0.05, 0) is 63.4 Å². The zero-order chi connectivity index (χ0) is 29.1. The van der Waals surface area contributed by atoms with Crippen molar-refractivity contribution in [1.29, 1.82) is 0 Å². The molecule has 4 heterocycles. The Balaban J connectivity index is 1.19. The zero-order valence-electron chi connectivity index (χ0n) is 24.6. The molecule has 0 atom stereocenters. The van der Waals surface area contributed by atoms with Crippen LogP contribution in [0.25, 0.3) is 10.8 Å². The van der Waals surface area contributed by atoms with E-state index >= 15 is 0 Å². The molecule has 220 valence electrons. The number of likely N-dealkylation sites (tertiary alicyclic amines) is 1. The maximum absolute atomic E-state index is 12.1. The van der Waals surface area contributed by atoms with E-state index in [1.165, 1.54) is 24.5 Å². The standard InChI is InChI=1S/C33H39ClN6O2/c1-4-28(41)40-20-33(21-40)14-16-39(19-33)30-24-11-15-38(27-10-6-8-23-7-5-9-25(34)29(23)27)17-26(24)35-31(36-30)42-22-32(12-13-32)18-37(2)3/h4-10H,1,11-22H2,2-3H3. The van der Waals surface area contributed by atoms with Crippen LogP contribution in [0.1, 0.15) is 30.5 Å². The van der Waals surface area contributed by atoms with E-state index in [0.717, 1.165) is 85.1 Å². The molecule has 2 aromatic carbocycles. The molecule has 1 amide bonds. The largest absolute Gasteiger partial charge is 0.463 e. The first kappa shape index (κ1) is 27.5. The number of carbonyl (C=O) groups excluding carboxylic acids is 1. The van der Waals surface area contributed by atoms with Gasteiger partial charge in [0.15, 0.2) is 0 Å². The fourth-order valence-electron chi connectivity index (χ4n) is 7.30. The van der Waals surface area contributed by atoms with Crippen LogP contribution in [0.4, 0.5) is 11.5 Å². The van der Waals surface area contributed by atoms with Crippen LogP contribution < -0.4 is 14.5 Å². The lowest BCUT2D eigenvalue weighted by molar-refractivity contribution is -0.136. The number of anilines is 2. The van der Waals surface area contributed by atoms with Gasteiger partial charge in [0.25, 0.3) is 0 Å². The number of rotatable bonds is 8. The van der Waals surface area contributed by atoms with Gasteiger partial charge in [-0.15, -0.1) is 0 Å². The number of nitrogens with zero attached hydrogens (tertiary/aromatic N) is 6. The van der Waals surface area contributed by atoms with E-state index in [4.69, 9.17) is 26.3 Å². The molecule has 1 spiro atoms. The van der Waals surface area contributed by atoms with Gasteiger partial charge in [-0.25, -0.2) is 0 Å². The summed E-state index contributed by atoms with van der Waals surface area (Å²) in [6, 6.07) is 12.9. The Morgan fingerprint density at radius 3 is 2.60 bits per heavy atom. The maximum atomic E-state index is 12.1. The molecule has 0 unspecified atom stereocenters. The minimum absolute atomic E-state index is 0.0227. The van der Waals surface area contributed by atoms with Crippen molar-refractivity contribution < 1.29 is 9.53 Å². The Morgan fingerprint density at radius 2 is 1.86 bits per heavy atom. The fraction of sp³-hybridized carbons (Fsp3) is 0.485. The van der Waals surface area contributed by atoms with Gasteiger partial charge in [0.05, 0.1) is 23.9 Å². The number of benzene rings is 2. The predicted molar refractivity (Wildman–Crippen MR) is 167 cm³/mol. The quantitative estimate of drug-likeness (QED) is 0.352. The third-order valence-corrected chi connectivity index (χ3v) is 9.90. The minimum atomic E-state index is 0.0227. The normalized spacial score (nSPS) is 20.1. The molecule has 3 aliphatic heterocycles. The van der Waals surface area contributed by atoms with Gasteiger partial charge in [0, 0.05) is 66.7 Å². The van der Waals surface area contributed by atoms with E-state index < -0.39 is 0 Å². The van der Waals surface area contributed by atoms with Crippen LogP contribution in [0.3, 0.4) is 0 Å². The van der Waals surface area contributed by atoms with Gasteiger partial charge in [-0.3, -0.25) is 4.79 Å². The average Bonchev–Trinajstić information content (AvgIpc) is 3.57. The van der Waals surface area contributed by atoms with E-state index in [2.05, 4.69) is 59.6 Å². The summed E-state index contributed by atoms with van der Waals surface area (Å²) in [5.41, 5.74) is 3.70. The van der Waals surface area contributed by atoms with Crippen LogP contribution in [0, 0.1) is 10.8 Å². The van der Waals surface area contributed by atoms with Gasteiger partial charge < -0.3 is 24.3 Å². The SMILES string of the molecule is C=CC(=O)N1CC2(CCN(c3nc(OCC4(CN(C)C)CC4)nc4c3CCN(c3cccc5cccc(Cl)c35)C4)C2)C1. The molecule has 9 heteroatoms. The highest BCUT2D eigenvalue weighted by molar-refractivity contribution is 6.36. The second-order valence-corrected chi connectivity index (χ2v) is 13.5. The lowest BCUT2D eigenvalue weighted by Crippen LogP contribution is -2.59. The molecule has 0 bridgehead atoms. The monoisotopic (exact) mass is 586 g/mol. The third kappa shape index (κ3) is 4.98. The number of carbonyl (C=O) groups is 1. The first-order chi connectivity index (χ1) is 20.3. The Hall–Kier alpha value is -3.36. The smallest absolute Gasteiger partial charge is 0.318 e. The van der Waals surface area contributed by atoms with Crippen LogP contribution in [-0.2, 0) is 17.8 Å². The van der Waals surface area contributed by atoms with E-state index in [-0.39, 0.29) is 16.7 Å². The molecule has 7 rings (SSSR count). The lowest BCUT2D eigenvalue weighted by atomic mass is 9.79. The number of halogens is 1. The molecule has 4 aliphatic rings. The average molecular weight is 587 g/mol. The molecule has 2 saturated heterocycles. The minimum Gasteiger partial charge on any atom is -0.463 e. The van der Waals surface area contributed by atoms with Gasteiger partial charge in [-0.1, -0.05) is 42.4 Å². The van der Waals surface area contributed by atoms with Crippen LogP contribution in [-0.4, -0.2) is 85.6 Å². The predicted octanol–water partition coefficient (Wildman–Crippen LogP) is 4.79. The second-order valence-electron chi connectivity index (χ2n) is 13.1. The fourth-order valence-corrected chi connectivity index (χ4v) is 7.57. The molecule has 0 N–H and O–H groups in total. The molecule has 1 saturated carbocycles. The van der Waals surface area contributed by atoms with E-state index in [1.54, 1.807) is 0 Å². The summed E-state index contributed by atoms with van der Waals surface area (Å²) in [6.45, 7) is 10.2. The molecule has 8 nitrogen and oxygen atoms in total. The van der Waals surface area contributed by atoms with Crippen molar-refractivity contribution in [1.82, 2.24) is 19.8 Å². The Labute approximate surface area is 252 Å². The van der Waals surface area contributed by atoms with Crippen LogP contribution >= 0.6 is 11.6 Å². The zero-order valence-corrected chi connectivity index (χ0v) is 25.4. The second kappa shape index (κ2) is 10.4. The molecule has 3 fully saturated rings. The highest BCUT2D eigenvalue weighted by Crippen LogP contribution is 2.47. The van der Waals surface area contributed by atoms with Crippen molar-refractivity contribution in [2.75, 3.05) is 69.8 Å². The number of hydrogen-bond donors (Lipinski definition) is 0. The topological polar surface area (TPSA) is 65.0 Å². The number of aromatic nitrogens is 2. The molecule has 1 aliphatic carbocycles. The highest BCUT2D eigenvalue weighted by atomic mass is 35.5. The number of hydrogen-bond acceptors (Lipinski definition) is 7. The van der Waals surface area contributed by atoms with Crippen LogP contribution in [0.2, 0.25) is 5.02 Å². The van der Waals surface area contributed by atoms with Crippen LogP contribution in [0.5, 0.6) is 6.01 Å². The van der Waals surface area contributed by atoms with Crippen molar-refractivity contribution >= 4 is 39.8 Å². The van der Waals surface area contributed by atoms with Crippen molar-refractivity contribution in [2.24, 2.45) is 10.8 Å². The number of amides is 1. The third-order valence-electron chi connectivity index (χ3n) is 9.59. The summed E-state index contributed by atoms with van der Waals surface area (Å²) in [6.07, 6.45) is 5.67. The molecule has 3 aromatic rings. The Kier molecular flexibility index (Phi) is 6.82. The maximum Gasteiger partial charge on any atom is 0.318 e. The molecule has 0 radical (unpaired) electrons. The van der Waals surface area contributed by atoms with E-state index in [9.17, 15) is 4.79 Å². The van der Waals surface area contributed by atoms with Gasteiger partial charge in [0.2, 0.25) is 5.91 Å². The summed E-state index contributed by atoms with van der Waals surface area (Å²) in [5.74, 6) is 1.03. The lowest BCUT2D eigenvalue weighted by Gasteiger charge is -2.47. The molecule has 42 heavy (non-hydrogen) atoms. The Morgan fingerprint density at radius 1 is 1.07 bits per heavy atom. The molecular weight excluding hydrogens is 548 g/mol. The van der Waals surface area contributed by atoms with Crippen LogP contribution in [0.15, 0.2) is 49.1 Å². The highest BCUT2D eigenvalue weighted by Gasteiger charge is 2.50. The number of fused-ring (bicyclic) bond motifs is 2. The first-order valence-electron chi connectivity index (χ1n) is 15.0. The van der Waals surface area contributed by atoms with Crippen molar-refractivity contribution in [3.8, 4) is 6.01 Å². The van der Waals surface area contributed by atoms with Crippen molar-refractivity contribution in [3.05, 3.63) is 65.3 Å². The number of ether oxygens (including phenoxy) is 1. The van der Waals surface area contributed by atoms with E-state index in [0.29, 0.717) is 19.2 Å². The summed E-state index contributed by atoms with van der Waals surface area (Å²) in [5, 5.41) is 2.99. The first-order valence-corrected chi connectivity index (χ1v) is 15.4. The summed E-state index contributed by atoms with van der Waals surface area (Å²) in [4.78, 5) is 31.2.